The maximum absolute atomic E-state index is 11.3. The number of likely N-dealkylation sites (tertiary alicyclic amines) is 1. The molecule has 1 fully saturated rings. The highest BCUT2D eigenvalue weighted by molar-refractivity contribution is 9.10. The maximum atomic E-state index is 11.3. The van der Waals surface area contributed by atoms with E-state index in [0.29, 0.717) is 24.0 Å². The van der Waals surface area contributed by atoms with Gasteiger partial charge in [0.1, 0.15) is 0 Å². The smallest absolute Gasteiger partial charge is 0.310 e. The van der Waals surface area contributed by atoms with Crippen molar-refractivity contribution in [3.63, 3.8) is 0 Å². The Balaban J connectivity index is 2.11. The molecule has 1 aromatic rings. The summed E-state index contributed by atoms with van der Waals surface area (Å²) in [5, 5.41) is 20.0. The molecule has 1 aliphatic rings. The molecule has 6 nitrogen and oxygen atoms in total. The minimum atomic E-state index is -0.769. The summed E-state index contributed by atoms with van der Waals surface area (Å²) in [7, 11) is 0. The Kier molecular flexibility index (Phi) is 4.63. The molecule has 21 heavy (non-hydrogen) atoms. The first-order valence-corrected chi connectivity index (χ1v) is 7.50. The Morgan fingerprint density at radius 1 is 1.57 bits per heavy atom. The summed E-state index contributed by atoms with van der Waals surface area (Å²) in [6.45, 7) is 3.69. The van der Waals surface area contributed by atoms with E-state index in [1.165, 1.54) is 12.1 Å². The molecule has 2 rings (SSSR count). The van der Waals surface area contributed by atoms with Crippen molar-refractivity contribution in [1.82, 2.24) is 4.90 Å². The van der Waals surface area contributed by atoms with Gasteiger partial charge < -0.3 is 5.11 Å². The Labute approximate surface area is 131 Å². The Hall–Kier alpha value is -1.47. The van der Waals surface area contributed by atoms with Crippen molar-refractivity contribution >= 4 is 27.6 Å². The molecule has 1 heterocycles. The first kappa shape index (κ1) is 15.9. The second kappa shape index (κ2) is 6.11. The molecule has 1 atom stereocenters. The van der Waals surface area contributed by atoms with Crippen molar-refractivity contribution in [3.8, 4) is 0 Å². The molecule has 0 aromatic heterocycles. The normalized spacial score (nSPS) is 23.0. The van der Waals surface area contributed by atoms with Crippen molar-refractivity contribution in [3.05, 3.63) is 38.3 Å². The van der Waals surface area contributed by atoms with Crippen molar-refractivity contribution in [2.24, 2.45) is 5.41 Å². The number of non-ortho nitro benzene ring substituents is 1. The third-order valence-corrected chi connectivity index (χ3v) is 4.67. The van der Waals surface area contributed by atoms with Crippen LogP contribution in [0, 0.1) is 15.5 Å². The first-order chi connectivity index (χ1) is 9.82. The number of aliphatic carboxylic acids is 1. The summed E-state index contributed by atoms with van der Waals surface area (Å²) in [4.78, 5) is 23.7. The van der Waals surface area contributed by atoms with Gasteiger partial charge in [-0.1, -0.05) is 15.9 Å². The maximum Gasteiger partial charge on any atom is 0.310 e. The Bertz CT molecular complexity index is 578. The van der Waals surface area contributed by atoms with Crippen molar-refractivity contribution in [1.29, 1.82) is 0 Å². The number of halogens is 1. The van der Waals surface area contributed by atoms with E-state index in [0.717, 1.165) is 18.5 Å². The fourth-order valence-electron chi connectivity index (χ4n) is 2.67. The molecule has 1 aliphatic heterocycles. The summed E-state index contributed by atoms with van der Waals surface area (Å²) in [5.74, 6) is -0.769. The van der Waals surface area contributed by atoms with Crippen LogP contribution in [0.1, 0.15) is 25.3 Å². The van der Waals surface area contributed by atoms with Gasteiger partial charge in [-0.25, -0.2) is 0 Å². The van der Waals surface area contributed by atoms with Crippen LogP contribution in [-0.4, -0.2) is 34.0 Å². The first-order valence-electron chi connectivity index (χ1n) is 6.70. The van der Waals surface area contributed by atoms with Gasteiger partial charge in [0.15, 0.2) is 0 Å². The second-order valence-corrected chi connectivity index (χ2v) is 6.57. The summed E-state index contributed by atoms with van der Waals surface area (Å²) in [6.07, 6.45) is 1.52. The van der Waals surface area contributed by atoms with Gasteiger partial charge in [0.05, 0.1) is 10.3 Å². The van der Waals surface area contributed by atoms with Gasteiger partial charge in [-0.05, 0) is 37.9 Å². The van der Waals surface area contributed by atoms with Crippen LogP contribution in [0.2, 0.25) is 0 Å². The minimum Gasteiger partial charge on any atom is -0.481 e. The quantitative estimate of drug-likeness (QED) is 0.661. The monoisotopic (exact) mass is 356 g/mol. The van der Waals surface area contributed by atoms with Crippen LogP contribution in [0.5, 0.6) is 0 Å². The second-order valence-electron chi connectivity index (χ2n) is 5.71. The van der Waals surface area contributed by atoms with Crippen LogP contribution >= 0.6 is 15.9 Å². The van der Waals surface area contributed by atoms with Crippen LogP contribution in [0.25, 0.3) is 0 Å². The lowest BCUT2D eigenvalue weighted by molar-refractivity contribution is -0.384. The molecule has 0 radical (unpaired) electrons. The van der Waals surface area contributed by atoms with Crippen LogP contribution in [0.15, 0.2) is 22.7 Å². The highest BCUT2D eigenvalue weighted by Gasteiger charge is 2.37. The molecular weight excluding hydrogens is 340 g/mol. The highest BCUT2D eigenvalue weighted by atomic mass is 79.9. The average molecular weight is 357 g/mol. The van der Waals surface area contributed by atoms with Gasteiger partial charge in [-0.2, -0.15) is 0 Å². The molecule has 0 spiro atoms. The van der Waals surface area contributed by atoms with Gasteiger partial charge in [0.2, 0.25) is 0 Å². The largest absolute Gasteiger partial charge is 0.481 e. The number of carboxylic acids is 1. The molecule has 0 saturated carbocycles. The highest BCUT2D eigenvalue weighted by Crippen LogP contribution is 2.32. The van der Waals surface area contributed by atoms with E-state index in [1.54, 1.807) is 13.0 Å². The third-order valence-electron chi connectivity index (χ3n) is 3.93. The van der Waals surface area contributed by atoms with Crippen LogP contribution in [0.3, 0.4) is 0 Å². The number of carboxylic acid groups (broad SMARTS) is 1. The van der Waals surface area contributed by atoms with Crippen LogP contribution < -0.4 is 0 Å². The predicted molar refractivity (Wildman–Crippen MR) is 81.1 cm³/mol. The van der Waals surface area contributed by atoms with E-state index in [9.17, 15) is 20.0 Å². The number of hydrogen-bond acceptors (Lipinski definition) is 4. The molecule has 1 aromatic carbocycles. The summed E-state index contributed by atoms with van der Waals surface area (Å²) < 4.78 is 0.680. The molecule has 7 heteroatoms. The summed E-state index contributed by atoms with van der Waals surface area (Å²) >= 11 is 3.35. The van der Waals surface area contributed by atoms with Crippen LogP contribution in [0.4, 0.5) is 5.69 Å². The Morgan fingerprint density at radius 3 is 2.86 bits per heavy atom. The number of nitrogens with zero attached hydrogens (tertiary/aromatic N) is 2. The van der Waals surface area contributed by atoms with Crippen LogP contribution in [-0.2, 0) is 11.3 Å². The predicted octanol–water partition coefficient (Wildman–Crippen LogP) is 3.04. The standard InChI is InChI=1S/C14H17BrN2O4/c1-14(13(18)19)5-2-6-16(9-14)8-10-3-4-11(17(20)21)7-12(10)15/h3-4,7H,2,5-6,8-9H2,1H3,(H,18,19). The molecule has 0 aliphatic carbocycles. The van der Waals surface area contributed by atoms with E-state index in [1.807, 2.05) is 0 Å². The van der Waals surface area contributed by atoms with E-state index in [4.69, 9.17) is 0 Å². The van der Waals surface area contributed by atoms with Crippen molar-refractivity contribution < 1.29 is 14.8 Å². The third kappa shape index (κ3) is 3.59. The fraction of sp³-hybridized carbons (Fsp3) is 0.500. The number of nitro groups is 1. The molecule has 0 amide bonds. The lowest BCUT2D eigenvalue weighted by Gasteiger charge is -2.37. The topological polar surface area (TPSA) is 83.7 Å². The number of rotatable bonds is 4. The average Bonchev–Trinajstić information content (AvgIpc) is 2.41. The number of hydrogen-bond donors (Lipinski definition) is 1. The minimum absolute atomic E-state index is 0.0413. The zero-order valence-electron chi connectivity index (χ0n) is 11.7. The van der Waals surface area contributed by atoms with E-state index in [-0.39, 0.29) is 5.69 Å². The van der Waals surface area contributed by atoms with Gasteiger partial charge in [-0.3, -0.25) is 19.8 Å². The zero-order valence-corrected chi connectivity index (χ0v) is 13.3. The lowest BCUT2D eigenvalue weighted by Crippen LogP contribution is -2.45. The van der Waals surface area contributed by atoms with E-state index < -0.39 is 16.3 Å². The zero-order chi connectivity index (χ0) is 15.6. The van der Waals surface area contributed by atoms with Crippen molar-refractivity contribution in [2.45, 2.75) is 26.3 Å². The summed E-state index contributed by atoms with van der Waals surface area (Å²) in [5.41, 5.74) is 0.251. The van der Waals surface area contributed by atoms with Crippen molar-refractivity contribution in [2.75, 3.05) is 13.1 Å². The van der Waals surface area contributed by atoms with E-state index >= 15 is 0 Å². The molecule has 1 N–H and O–H groups in total. The molecule has 0 bridgehead atoms. The summed E-state index contributed by atoms with van der Waals surface area (Å²) in [6, 6.07) is 4.67. The molecular formula is C14H17BrN2O4. The number of nitro benzene ring substituents is 1. The number of piperidine rings is 1. The van der Waals surface area contributed by atoms with Gasteiger partial charge >= 0.3 is 5.97 Å². The van der Waals surface area contributed by atoms with Gasteiger partial charge in [0, 0.05) is 29.7 Å². The molecule has 1 saturated heterocycles. The molecule has 1 unspecified atom stereocenters. The number of carbonyl (C=O) groups is 1. The molecule has 114 valence electrons. The van der Waals surface area contributed by atoms with Gasteiger partial charge in [-0.15, -0.1) is 0 Å². The fourth-order valence-corrected chi connectivity index (χ4v) is 3.17. The number of benzene rings is 1. The lowest BCUT2D eigenvalue weighted by atomic mass is 9.82. The SMILES string of the molecule is CC1(C(=O)O)CCCN(Cc2ccc([N+](=O)[O-])cc2Br)C1. The van der Waals surface area contributed by atoms with E-state index in [2.05, 4.69) is 20.8 Å². The van der Waals surface area contributed by atoms with Gasteiger partial charge in [0.25, 0.3) is 5.69 Å². The Morgan fingerprint density at radius 2 is 2.29 bits per heavy atom.